The summed E-state index contributed by atoms with van der Waals surface area (Å²) in [6.07, 6.45) is 1.42. The molecule has 0 aromatic heterocycles. The Kier molecular flexibility index (Phi) is 7.12. The first kappa shape index (κ1) is 24.6. The minimum atomic E-state index is -1.18. The van der Waals surface area contributed by atoms with Crippen LogP contribution in [0.1, 0.15) is 33.2 Å². The summed E-state index contributed by atoms with van der Waals surface area (Å²) in [7, 11) is 1.37. The molecule has 0 saturated carbocycles. The molecule has 0 radical (unpaired) electrons. The van der Waals surface area contributed by atoms with Crippen molar-refractivity contribution in [3.63, 3.8) is 0 Å². The second-order valence-corrected chi connectivity index (χ2v) is 8.11. The highest BCUT2D eigenvalue weighted by atomic mass is 16.6. The van der Waals surface area contributed by atoms with E-state index in [2.05, 4.69) is 0 Å². The van der Waals surface area contributed by atoms with E-state index in [9.17, 15) is 24.4 Å². The molecule has 36 heavy (non-hydrogen) atoms. The van der Waals surface area contributed by atoms with Gasteiger partial charge in [0.1, 0.15) is 17.7 Å². The fourth-order valence-corrected chi connectivity index (χ4v) is 3.96. The van der Waals surface area contributed by atoms with E-state index < -0.39 is 29.7 Å². The van der Waals surface area contributed by atoms with Crippen molar-refractivity contribution in [2.24, 2.45) is 0 Å². The van der Waals surface area contributed by atoms with Gasteiger partial charge in [0.25, 0.3) is 17.7 Å². The van der Waals surface area contributed by atoms with E-state index in [0.29, 0.717) is 31.9 Å². The van der Waals surface area contributed by atoms with Crippen LogP contribution in [-0.4, -0.2) is 72.9 Å². The molecular weight excluding hydrogens is 466 g/mol. The molecule has 1 saturated heterocycles. The lowest BCUT2D eigenvalue weighted by molar-refractivity contribution is -0.138. The number of methoxy groups -OCH3 is 1. The average Bonchev–Trinajstić information content (AvgIpc) is 3.17. The van der Waals surface area contributed by atoms with E-state index in [-0.39, 0.29) is 28.2 Å². The molecule has 10 nitrogen and oxygen atoms in total. The Balaban J connectivity index is 1.50. The third-order valence-electron chi connectivity index (χ3n) is 5.91. The van der Waals surface area contributed by atoms with Crippen LogP contribution >= 0.6 is 0 Å². The summed E-state index contributed by atoms with van der Waals surface area (Å²) < 4.78 is 16.0. The number of benzene rings is 2. The van der Waals surface area contributed by atoms with E-state index in [0.717, 1.165) is 4.90 Å². The lowest BCUT2D eigenvalue weighted by atomic mass is 10.1. The standard InChI is InChI=1S/C26H23N3O7/c1-16(29-24(31)19-5-3-4-6-20(19)25(29)32)26(33)36-21-8-7-17(14-22(21)34-2)13-18(15-27)23(30)28-9-11-35-12-10-28/h3-8,13-14,16H,9-12H2,1-2H3/b18-13+. The fourth-order valence-electron chi connectivity index (χ4n) is 3.96. The maximum Gasteiger partial charge on any atom is 0.334 e. The Bertz CT molecular complexity index is 1270. The van der Waals surface area contributed by atoms with Gasteiger partial charge in [-0.25, -0.2) is 4.79 Å². The van der Waals surface area contributed by atoms with E-state index in [4.69, 9.17) is 14.2 Å². The van der Waals surface area contributed by atoms with Gasteiger partial charge in [0.05, 0.1) is 31.5 Å². The van der Waals surface area contributed by atoms with Crippen LogP contribution in [0, 0.1) is 11.3 Å². The Labute approximate surface area is 207 Å². The Morgan fingerprint density at radius 1 is 1.06 bits per heavy atom. The molecule has 10 heteroatoms. The van der Waals surface area contributed by atoms with Crippen LogP contribution in [0.5, 0.6) is 11.5 Å². The first-order valence-corrected chi connectivity index (χ1v) is 11.2. The number of ether oxygens (including phenoxy) is 3. The highest BCUT2D eigenvalue weighted by molar-refractivity contribution is 6.22. The minimum absolute atomic E-state index is 0.0528. The van der Waals surface area contributed by atoms with Gasteiger partial charge in [0, 0.05) is 13.1 Å². The second-order valence-electron chi connectivity index (χ2n) is 8.11. The monoisotopic (exact) mass is 489 g/mol. The zero-order chi connectivity index (χ0) is 25.8. The molecule has 0 bridgehead atoms. The SMILES string of the molecule is COc1cc(/C=C(\C#N)C(=O)N2CCOCC2)ccc1OC(=O)C(C)N1C(=O)c2ccccc2C1=O. The third-order valence-corrected chi connectivity index (χ3v) is 5.91. The van der Waals surface area contributed by atoms with Crippen molar-refractivity contribution in [1.29, 1.82) is 5.26 Å². The largest absolute Gasteiger partial charge is 0.493 e. The molecule has 0 aliphatic carbocycles. The van der Waals surface area contributed by atoms with Gasteiger partial charge in [0.15, 0.2) is 11.5 Å². The van der Waals surface area contributed by atoms with Gasteiger partial charge >= 0.3 is 5.97 Å². The zero-order valence-electron chi connectivity index (χ0n) is 19.7. The van der Waals surface area contributed by atoms with Crippen LogP contribution < -0.4 is 9.47 Å². The number of imide groups is 1. The maximum absolute atomic E-state index is 12.8. The van der Waals surface area contributed by atoms with Crippen LogP contribution in [0.3, 0.4) is 0 Å². The number of nitrogens with zero attached hydrogens (tertiary/aromatic N) is 3. The Hall–Kier alpha value is -4.49. The molecule has 4 rings (SSSR count). The van der Waals surface area contributed by atoms with Crippen molar-refractivity contribution in [2.45, 2.75) is 13.0 Å². The number of amides is 3. The highest BCUT2D eigenvalue weighted by Crippen LogP contribution is 2.31. The molecule has 184 valence electrons. The van der Waals surface area contributed by atoms with Crippen molar-refractivity contribution in [2.75, 3.05) is 33.4 Å². The van der Waals surface area contributed by atoms with Crippen LogP contribution in [0.15, 0.2) is 48.0 Å². The number of hydrogen-bond acceptors (Lipinski definition) is 8. The first-order chi connectivity index (χ1) is 17.3. The van der Waals surface area contributed by atoms with E-state index in [1.54, 1.807) is 23.1 Å². The smallest absolute Gasteiger partial charge is 0.334 e. The van der Waals surface area contributed by atoms with Crippen LogP contribution in [-0.2, 0) is 14.3 Å². The topological polar surface area (TPSA) is 126 Å². The summed E-state index contributed by atoms with van der Waals surface area (Å²) in [5, 5.41) is 9.50. The molecule has 0 spiro atoms. The van der Waals surface area contributed by atoms with Crippen molar-refractivity contribution in [3.05, 3.63) is 64.7 Å². The minimum Gasteiger partial charge on any atom is -0.493 e. The van der Waals surface area contributed by atoms with Crippen molar-refractivity contribution >= 4 is 29.8 Å². The quantitative estimate of drug-likeness (QED) is 0.198. The number of carbonyl (C=O) groups is 4. The molecule has 2 aromatic rings. The van der Waals surface area contributed by atoms with Gasteiger partial charge in [-0.15, -0.1) is 0 Å². The molecule has 2 aliphatic rings. The van der Waals surface area contributed by atoms with Gasteiger partial charge in [0.2, 0.25) is 0 Å². The molecule has 2 aromatic carbocycles. The van der Waals surface area contributed by atoms with Gasteiger partial charge < -0.3 is 19.1 Å². The van der Waals surface area contributed by atoms with Gasteiger partial charge in [-0.1, -0.05) is 18.2 Å². The second kappa shape index (κ2) is 10.4. The summed E-state index contributed by atoms with van der Waals surface area (Å²) in [4.78, 5) is 53.3. The zero-order valence-corrected chi connectivity index (χ0v) is 19.7. The first-order valence-electron chi connectivity index (χ1n) is 11.2. The molecule has 1 unspecified atom stereocenters. The molecule has 1 atom stereocenters. The predicted octanol–water partition coefficient (Wildman–Crippen LogP) is 2.05. The third kappa shape index (κ3) is 4.69. The Morgan fingerprint density at radius 3 is 2.28 bits per heavy atom. The fraction of sp³-hybridized carbons (Fsp3) is 0.269. The summed E-state index contributed by atoms with van der Waals surface area (Å²) >= 11 is 0. The number of morpholine rings is 1. The number of rotatable bonds is 6. The highest BCUT2D eigenvalue weighted by Gasteiger charge is 2.41. The van der Waals surface area contributed by atoms with E-state index in [1.807, 2.05) is 6.07 Å². The molecule has 2 heterocycles. The molecule has 0 N–H and O–H groups in total. The lowest BCUT2D eigenvalue weighted by Gasteiger charge is -2.26. The number of carbonyl (C=O) groups excluding carboxylic acids is 4. The maximum atomic E-state index is 12.8. The molecule has 2 aliphatic heterocycles. The van der Waals surface area contributed by atoms with Crippen LogP contribution in [0.25, 0.3) is 6.08 Å². The van der Waals surface area contributed by atoms with Gasteiger partial charge in [-0.2, -0.15) is 5.26 Å². The summed E-state index contributed by atoms with van der Waals surface area (Å²) in [5.74, 6) is -2.14. The van der Waals surface area contributed by atoms with E-state index >= 15 is 0 Å². The summed E-state index contributed by atoms with van der Waals surface area (Å²) in [6.45, 7) is 3.04. The van der Waals surface area contributed by atoms with Crippen molar-refractivity contribution in [3.8, 4) is 17.6 Å². The van der Waals surface area contributed by atoms with Crippen LogP contribution in [0.4, 0.5) is 0 Å². The normalized spacial score (nSPS) is 16.3. The van der Waals surface area contributed by atoms with Gasteiger partial charge in [-0.3, -0.25) is 19.3 Å². The van der Waals surface area contributed by atoms with E-state index in [1.165, 1.54) is 44.4 Å². The number of esters is 1. The number of nitriles is 1. The molecule has 3 amide bonds. The number of hydrogen-bond donors (Lipinski definition) is 0. The Morgan fingerprint density at radius 2 is 1.69 bits per heavy atom. The average molecular weight is 489 g/mol. The summed E-state index contributed by atoms with van der Waals surface area (Å²) in [5.41, 5.74) is 0.896. The van der Waals surface area contributed by atoms with Crippen molar-refractivity contribution < 1.29 is 33.4 Å². The van der Waals surface area contributed by atoms with Gasteiger partial charge in [-0.05, 0) is 42.8 Å². The lowest BCUT2D eigenvalue weighted by Crippen LogP contribution is -2.44. The predicted molar refractivity (Wildman–Crippen MR) is 126 cm³/mol. The molecule has 1 fully saturated rings. The summed E-state index contributed by atoms with van der Waals surface area (Å²) in [6, 6.07) is 11.6. The van der Waals surface area contributed by atoms with Crippen molar-refractivity contribution in [1.82, 2.24) is 9.80 Å². The van der Waals surface area contributed by atoms with Crippen LogP contribution in [0.2, 0.25) is 0 Å². The molecular formula is C26H23N3O7. The number of fused-ring (bicyclic) bond motifs is 1.